The van der Waals surface area contributed by atoms with Gasteiger partial charge in [0.15, 0.2) is 0 Å². The van der Waals surface area contributed by atoms with Gasteiger partial charge in [-0.1, -0.05) is 6.58 Å². The van der Waals surface area contributed by atoms with E-state index in [0.717, 1.165) is 0 Å². The first-order chi connectivity index (χ1) is 6.09. The van der Waals surface area contributed by atoms with Crippen molar-refractivity contribution in [3.63, 3.8) is 0 Å². The van der Waals surface area contributed by atoms with E-state index in [2.05, 4.69) is 16.9 Å². The minimum atomic E-state index is -0.279. The number of carbonyl (C=O) groups is 1. The maximum atomic E-state index is 11.1. The molecule has 68 valence electrons. The average Bonchev–Trinajstić information content (AvgIpc) is 2.08. The molecule has 1 rings (SSSR count). The molecular formula is C9H10N2O2. The van der Waals surface area contributed by atoms with Crippen LogP contribution < -0.4 is 5.32 Å². The molecule has 1 heterocycles. The van der Waals surface area contributed by atoms with Gasteiger partial charge in [0.25, 0.3) is 5.91 Å². The number of carbonyl (C=O) groups excluding carboxylic acids is 1. The third kappa shape index (κ3) is 2.59. The topological polar surface area (TPSA) is 62.2 Å². The summed E-state index contributed by atoms with van der Waals surface area (Å²) < 4.78 is 0. The number of aromatic nitrogens is 1. The summed E-state index contributed by atoms with van der Waals surface area (Å²) in [4.78, 5) is 14.9. The first kappa shape index (κ1) is 9.25. The van der Waals surface area contributed by atoms with Crippen LogP contribution in [0.5, 0.6) is 5.75 Å². The second kappa shape index (κ2) is 3.71. The normalized spacial score (nSPS) is 9.31. The Hall–Kier alpha value is -1.84. The summed E-state index contributed by atoms with van der Waals surface area (Å²) in [5, 5.41) is 11.4. The molecule has 0 unspecified atom stereocenters. The van der Waals surface area contributed by atoms with Crippen molar-refractivity contribution in [3.8, 4) is 5.75 Å². The van der Waals surface area contributed by atoms with Crippen molar-refractivity contribution >= 4 is 11.7 Å². The summed E-state index contributed by atoms with van der Waals surface area (Å²) in [6.07, 6.45) is 1.26. The molecule has 0 aliphatic rings. The molecule has 0 bridgehead atoms. The lowest BCUT2D eigenvalue weighted by atomic mass is 10.3. The minimum Gasteiger partial charge on any atom is -0.506 e. The molecule has 0 radical (unpaired) electrons. The number of nitrogens with one attached hydrogen (secondary N) is 1. The largest absolute Gasteiger partial charge is 0.506 e. The minimum absolute atomic E-state index is 0.0633. The molecule has 0 aliphatic carbocycles. The lowest BCUT2D eigenvalue weighted by molar-refractivity contribution is -0.112. The van der Waals surface area contributed by atoms with E-state index in [1.807, 2.05) is 0 Å². The third-order valence-electron chi connectivity index (χ3n) is 1.38. The predicted octanol–water partition coefficient (Wildman–Crippen LogP) is 1.30. The number of hydrogen-bond donors (Lipinski definition) is 2. The van der Waals surface area contributed by atoms with Gasteiger partial charge < -0.3 is 10.4 Å². The molecular weight excluding hydrogens is 168 g/mol. The number of aromatic hydroxyl groups is 1. The van der Waals surface area contributed by atoms with Gasteiger partial charge in [-0.3, -0.25) is 4.79 Å². The summed E-state index contributed by atoms with van der Waals surface area (Å²) in [6.45, 7) is 5.09. The maximum Gasteiger partial charge on any atom is 0.251 e. The molecule has 4 nitrogen and oxygen atoms in total. The molecule has 0 fully saturated rings. The average molecular weight is 178 g/mol. The van der Waals surface area contributed by atoms with E-state index in [4.69, 9.17) is 5.11 Å². The Morgan fingerprint density at radius 3 is 2.77 bits per heavy atom. The van der Waals surface area contributed by atoms with Gasteiger partial charge in [-0.05, 0) is 19.1 Å². The number of amides is 1. The van der Waals surface area contributed by atoms with Crippen molar-refractivity contribution in [3.05, 3.63) is 30.5 Å². The molecule has 1 amide bonds. The fourth-order valence-electron chi connectivity index (χ4n) is 0.683. The smallest absolute Gasteiger partial charge is 0.251 e. The van der Waals surface area contributed by atoms with Gasteiger partial charge in [0.05, 0.1) is 6.20 Å². The molecule has 0 saturated carbocycles. The van der Waals surface area contributed by atoms with Crippen molar-refractivity contribution in [2.24, 2.45) is 0 Å². The van der Waals surface area contributed by atoms with Crippen LogP contribution in [0.2, 0.25) is 0 Å². The van der Waals surface area contributed by atoms with Crippen LogP contribution in [-0.4, -0.2) is 16.0 Å². The Bertz CT molecular complexity index is 330. The van der Waals surface area contributed by atoms with Gasteiger partial charge in [-0.15, -0.1) is 0 Å². The summed E-state index contributed by atoms with van der Waals surface area (Å²) >= 11 is 0. The molecule has 13 heavy (non-hydrogen) atoms. The molecule has 0 aromatic carbocycles. The molecule has 0 atom stereocenters. The van der Waals surface area contributed by atoms with Crippen LogP contribution >= 0.6 is 0 Å². The van der Waals surface area contributed by atoms with Crippen molar-refractivity contribution in [1.82, 2.24) is 4.98 Å². The third-order valence-corrected chi connectivity index (χ3v) is 1.38. The van der Waals surface area contributed by atoms with Crippen LogP contribution in [0.1, 0.15) is 6.92 Å². The zero-order chi connectivity index (χ0) is 9.84. The Labute approximate surface area is 75.9 Å². The highest BCUT2D eigenvalue weighted by atomic mass is 16.3. The Kier molecular flexibility index (Phi) is 2.64. The van der Waals surface area contributed by atoms with Crippen molar-refractivity contribution in [2.45, 2.75) is 6.92 Å². The van der Waals surface area contributed by atoms with Crippen LogP contribution in [0.25, 0.3) is 0 Å². The SMILES string of the molecule is C=C(C)C(=O)Nc1ccc(O)cn1. The number of pyridine rings is 1. The van der Waals surface area contributed by atoms with Crippen LogP contribution in [0.3, 0.4) is 0 Å². The Morgan fingerprint density at radius 2 is 2.31 bits per heavy atom. The van der Waals surface area contributed by atoms with E-state index in [0.29, 0.717) is 11.4 Å². The monoisotopic (exact) mass is 178 g/mol. The Morgan fingerprint density at radius 1 is 1.62 bits per heavy atom. The van der Waals surface area contributed by atoms with Gasteiger partial charge in [0.2, 0.25) is 0 Å². The van der Waals surface area contributed by atoms with E-state index >= 15 is 0 Å². The number of nitrogens with zero attached hydrogens (tertiary/aromatic N) is 1. The van der Waals surface area contributed by atoms with Gasteiger partial charge >= 0.3 is 0 Å². The van der Waals surface area contributed by atoms with Crippen LogP contribution in [-0.2, 0) is 4.79 Å². The molecule has 1 aromatic rings. The standard InChI is InChI=1S/C9H10N2O2/c1-6(2)9(13)11-8-4-3-7(12)5-10-8/h3-5,12H,1H2,2H3,(H,10,11,13). The highest BCUT2D eigenvalue weighted by Crippen LogP contribution is 2.09. The van der Waals surface area contributed by atoms with E-state index in [9.17, 15) is 4.79 Å². The number of anilines is 1. The van der Waals surface area contributed by atoms with E-state index in [1.165, 1.54) is 18.3 Å². The van der Waals surface area contributed by atoms with Crippen molar-refractivity contribution in [1.29, 1.82) is 0 Å². The summed E-state index contributed by atoms with van der Waals surface area (Å²) in [7, 11) is 0. The molecule has 4 heteroatoms. The van der Waals surface area contributed by atoms with E-state index < -0.39 is 0 Å². The molecule has 0 spiro atoms. The molecule has 0 saturated heterocycles. The zero-order valence-corrected chi connectivity index (χ0v) is 7.24. The predicted molar refractivity (Wildman–Crippen MR) is 49.3 cm³/mol. The van der Waals surface area contributed by atoms with E-state index in [1.54, 1.807) is 6.92 Å². The lowest BCUT2D eigenvalue weighted by Crippen LogP contribution is -2.12. The van der Waals surface area contributed by atoms with Gasteiger partial charge in [0, 0.05) is 5.57 Å². The lowest BCUT2D eigenvalue weighted by Gasteiger charge is -2.02. The maximum absolute atomic E-state index is 11.1. The second-order valence-electron chi connectivity index (χ2n) is 2.64. The van der Waals surface area contributed by atoms with Crippen molar-refractivity contribution in [2.75, 3.05) is 5.32 Å². The Balaban J connectivity index is 2.70. The second-order valence-corrected chi connectivity index (χ2v) is 2.64. The molecule has 2 N–H and O–H groups in total. The molecule has 1 aromatic heterocycles. The van der Waals surface area contributed by atoms with Crippen LogP contribution in [0, 0.1) is 0 Å². The van der Waals surface area contributed by atoms with Gasteiger partial charge in [-0.2, -0.15) is 0 Å². The van der Waals surface area contributed by atoms with Crippen LogP contribution in [0.15, 0.2) is 30.5 Å². The summed E-state index contributed by atoms with van der Waals surface area (Å²) in [5.74, 6) is 0.178. The molecule has 0 aliphatic heterocycles. The fraction of sp³-hybridized carbons (Fsp3) is 0.111. The highest BCUT2D eigenvalue weighted by molar-refractivity contribution is 6.02. The number of hydrogen-bond acceptors (Lipinski definition) is 3. The van der Waals surface area contributed by atoms with Gasteiger partial charge in [-0.25, -0.2) is 4.98 Å². The van der Waals surface area contributed by atoms with E-state index in [-0.39, 0.29) is 11.7 Å². The van der Waals surface area contributed by atoms with Crippen LogP contribution in [0.4, 0.5) is 5.82 Å². The summed E-state index contributed by atoms with van der Waals surface area (Å²) in [6, 6.07) is 2.96. The summed E-state index contributed by atoms with van der Waals surface area (Å²) in [5.41, 5.74) is 0.412. The first-order valence-corrected chi connectivity index (χ1v) is 3.71. The first-order valence-electron chi connectivity index (χ1n) is 3.71. The van der Waals surface area contributed by atoms with Crippen molar-refractivity contribution < 1.29 is 9.90 Å². The van der Waals surface area contributed by atoms with Gasteiger partial charge in [0.1, 0.15) is 11.6 Å². The quantitative estimate of drug-likeness (QED) is 0.671. The zero-order valence-electron chi connectivity index (χ0n) is 7.24. The number of rotatable bonds is 2. The fourth-order valence-corrected chi connectivity index (χ4v) is 0.683. The highest BCUT2D eigenvalue weighted by Gasteiger charge is 2.02.